The molecule has 37 heavy (non-hydrogen) atoms. The number of rotatable bonds is 7. The molecule has 0 aromatic heterocycles. The number of aliphatic hydroxyl groups excluding tert-OH is 4. The lowest BCUT2D eigenvalue weighted by molar-refractivity contribution is -0.865. The van der Waals surface area contributed by atoms with Crippen molar-refractivity contribution in [3.05, 3.63) is 29.5 Å². The van der Waals surface area contributed by atoms with Gasteiger partial charge in [-0.25, -0.2) is 14.4 Å². The first kappa shape index (κ1) is 26.6. The number of carboxylic acids is 3. The highest BCUT2D eigenvalue weighted by atomic mass is 16.7. The molecule has 0 amide bonds. The summed E-state index contributed by atoms with van der Waals surface area (Å²) < 4.78 is 10.8. The van der Waals surface area contributed by atoms with Crippen molar-refractivity contribution in [1.82, 2.24) is 5.32 Å². The highest BCUT2D eigenvalue weighted by Gasteiger charge is 2.48. The van der Waals surface area contributed by atoms with Crippen LogP contribution >= 0.6 is 0 Å². The van der Waals surface area contributed by atoms with Crippen molar-refractivity contribution in [2.24, 2.45) is 0 Å². The Morgan fingerprint density at radius 3 is 2.35 bits per heavy atom. The summed E-state index contributed by atoms with van der Waals surface area (Å²) in [6.45, 7) is -0.695. The van der Waals surface area contributed by atoms with E-state index in [1.807, 2.05) is 0 Å². The SMILES string of the molecule is O=C(O)C1=CC([NH+]2c3cc(O)c(OC4OC(CO)C(O)C(O)C4O)cc3CC2C(=O)O)CC(C(=O)O)N1. The number of nitrogens with one attached hydrogen (secondary N) is 2. The zero-order valence-corrected chi connectivity index (χ0v) is 19.1. The van der Waals surface area contributed by atoms with E-state index >= 15 is 0 Å². The zero-order valence-electron chi connectivity index (χ0n) is 19.1. The number of aliphatic hydroxyl groups is 4. The molecule has 0 aliphatic carbocycles. The molecule has 3 aliphatic heterocycles. The first-order chi connectivity index (χ1) is 17.4. The zero-order chi connectivity index (χ0) is 27.2. The van der Waals surface area contributed by atoms with Crippen LogP contribution in [0.3, 0.4) is 0 Å². The van der Waals surface area contributed by atoms with E-state index in [4.69, 9.17) is 9.47 Å². The number of ether oxygens (including phenoxy) is 2. The van der Waals surface area contributed by atoms with Crippen LogP contribution in [-0.2, 0) is 25.5 Å². The number of hydrogen-bond acceptors (Lipinski definition) is 11. The second-order valence-electron chi connectivity index (χ2n) is 9.11. The summed E-state index contributed by atoms with van der Waals surface area (Å²) in [7, 11) is 0. The number of benzene rings is 1. The van der Waals surface area contributed by atoms with Crippen molar-refractivity contribution < 1.29 is 69.6 Å². The van der Waals surface area contributed by atoms with Crippen LogP contribution in [0, 0.1) is 0 Å². The monoisotopic (exact) mass is 527 g/mol. The molecule has 10 N–H and O–H groups in total. The molecule has 3 heterocycles. The average molecular weight is 527 g/mol. The molecule has 4 rings (SSSR count). The number of phenols is 1. The van der Waals surface area contributed by atoms with Gasteiger partial charge in [0, 0.05) is 30.5 Å². The van der Waals surface area contributed by atoms with Crippen LogP contribution < -0.4 is 15.0 Å². The summed E-state index contributed by atoms with van der Waals surface area (Å²) in [5.74, 6) is -4.71. The van der Waals surface area contributed by atoms with Gasteiger partial charge in [-0.3, -0.25) is 4.90 Å². The largest absolute Gasteiger partial charge is 0.504 e. The number of carboxylic acid groups (broad SMARTS) is 3. The van der Waals surface area contributed by atoms with Crippen LogP contribution in [0.15, 0.2) is 23.9 Å². The van der Waals surface area contributed by atoms with Crippen LogP contribution in [0.2, 0.25) is 0 Å². The molecule has 0 spiro atoms. The number of quaternary nitrogens is 1. The van der Waals surface area contributed by atoms with Crippen molar-refractivity contribution in [3.8, 4) is 11.5 Å². The lowest BCUT2D eigenvalue weighted by Gasteiger charge is -2.39. The van der Waals surface area contributed by atoms with Gasteiger partial charge in [-0.15, -0.1) is 0 Å². The number of carbonyl (C=O) groups is 3. The number of fused-ring (bicyclic) bond motifs is 1. The second-order valence-corrected chi connectivity index (χ2v) is 9.11. The summed E-state index contributed by atoms with van der Waals surface area (Å²) >= 11 is 0. The van der Waals surface area contributed by atoms with Crippen molar-refractivity contribution >= 4 is 23.6 Å². The fraction of sp³-hybridized carbons (Fsp3) is 0.500. The van der Waals surface area contributed by atoms with Crippen molar-refractivity contribution in [1.29, 1.82) is 0 Å². The maximum absolute atomic E-state index is 12.1. The van der Waals surface area contributed by atoms with Gasteiger partial charge in [0.2, 0.25) is 6.29 Å². The molecule has 1 aromatic carbocycles. The highest BCUT2D eigenvalue weighted by molar-refractivity contribution is 5.88. The van der Waals surface area contributed by atoms with Gasteiger partial charge in [0.05, 0.1) is 6.61 Å². The Morgan fingerprint density at radius 2 is 1.76 bits per heavy atom. The third-order valence-electron chi connectivity index (χ3n) is 6.80. The summed E-state index contributed by atoms with van der Waals surface area (Å²) in [6.07, 6.45) is -6.90. The minimum atomic E-state index is -1.75. The van der Waals surface area contributed by atoms with E-state index < -0.39 is 79.1 Å². The average Bonchev–Trinajstić information content (AvgIpc) is 3.22. The van der Waals surface area contributed by atoms with Gasteiger partial charge >= 0.3 is 17.9 Å². The summed E-state index contributed by atoms with van der Waals surface area (Å²) in [6, 6.07) is -0.825. The maximum Gasteiger partial charge on any atom is 0.363 e. The van der Waals surface area contributed by atoms with Gasteiger partial charge in [-0.1, -0.05) is 0 Å². The van der Waals surface area contributed by atoms with E-state index in [1.54, 1.807) is 0 Å². The molecule has 15 nitrogen and oxygen atoms in total. The van der Waals surface area contributed by atoms with Crippen LogP contribution in [0.1, 0.15) is 12.0 Å². The molecular formula is C22H27N2O13+. The van der Waals surface area contributed by atoms with Gasteiger partial charge in [-0.2, -0.15) is 0 Å². The predicted molar refractivity (Wildman–Crippen MR) is 117 cm³/mol. The summed E-state index contributed by atoms with van der Waals surface area (Å²) in [5.41, 5.74) is 0.277. The molecule has 0 saturated carbocycles. The van der Waals surface area contributed by atoms with Gasteiger partial charge in [-0.05, 0) is 6.07 Å². The second kappa shape index (κ2) is 10.1. The van der Waals surface area contributed by atoms with Crippen LogP contribution in [0.4, 0.5) is 5.69 Å². The van der Waals surface area contributed by atoms with Gasteiger partial charge in [0.15, 0.2) is 17.5 Å². The van der Waals surface area contributed by atoms with E-state index in [-0.39, 0.29) is 34.9 Å². The molecule has 1 saturated heterocycles. The number of aliphatic carboxylic acids is 3. The Hall–Kier alpha value is -3.47. The number of hydrogen-bond donors (Lipinski definition) is 10. The Bertz CT molecular complexity index is 1120. The first-order valence-corrected chi connectivity index (χ1v) is 11.3. The molecule has 3 aliphatic rings. The Morgan fingerprint density at radius 1 is 1.05 bits per heavy atom. The number of aromatic hydroxyl groups is 1. The Balaban J connectivity index is 1.67. The minimum Gasteiger partial charge on any atom is -0.504 e. The van der Waals surface area contributed by atoms with E-state index in [2.05, 4.69) is 5.32 Å². The van der Waals surface area contributed by atoms with E-state index in [0.717, 1.165) is 0 Å². The normalized spacial score (nSPS) is 35.1. The van der Waals surface area contributed by atoms with Gasteiger partial charge < -0.3 is 55.6 Å². The Kier molecular flexibility index (Phi) is 7.27. The minimum absolute atomic E-state index is 0.0801. The lowest BCUT2D eigenvalue weighted by atomic mass is 9.98. The van der Waals surface area contributed by atoms with Crippen LogP contribution in [0.5, 0.6) is 11.5 Å². The van der Waals surface area contributed by atoms with Crippen LogP contribution in [-0.4, -0.2) is 114 Å². The van der Waals surface area contributed by atoms with Crippen molar-refractivity contribution in [2.45, 2.75) is 61.7 Å². The Labute approximate surface area is 208 Å². The third kappa shape index (κ3) is 4.92. The fourth-order valence-corrected chi connectivity index (χ4v) is 4.96. The standard InChI is InChI=1S/C22H26N2O13/c25-6-15-16(27)17(28)18(29)22(37-15)36-14-2-7-1-12(21(34)35)24(11(7)5-13(14)26)8-3-9(19(30)31)23-10(4-8)20(32)33/h2-3,5,8,10,12,15-18,22-23,25-29H,1,4,6H2,(H,30,31)(H,32,33)(H,34,35)/p+1. The van der Waals surface area contributed by atoms with Gasteiger partial charge in [0.1, 0.15) is 47.9 Å². The van der Waals surface area contributed by atoms with Gasteiger partial charge in [0.25, 0.3) is 0 Å². The molecule has 202 valence electrons. The highest BCUT2D eigenvalue weighted by Crippen LogP contribution is 2.37. The third-order valence-corrected chi connectivity index (χ3v) is 6.80. The first-order valence-electron chi connectivity index (χ1n) is 11.3. The van der Waals surface area contributed by atoms with E-state index in [1.165, 1.54) is 18.2 Å². The molecule has 0 bridgehead atoms. The van der Waals surface area contributed by atoms with E-state index in [9.17, 15) is 55.2 Å². The van der Waals surface area contributed by atoms with Crippen LogP contribution in [0.25, 0.3) is 0 Å². The molecule has 0 radical (unpaired) electrons. The summed E-state index contributed by atoms with van der Waals surface area (Å²) in [4.78, 5) is 35.5. The smallest absolute Gasteiger partial charge is 0.363 e. The van der Waals surface area contributed by atoms with E-state index in [0.29, 0.717) is 5.56 Å². The molecule has 9 unspecified atom stereocenters. The molecule has 9 atom stereocenters. The van der Waals surface area contributed by atoms with Crippen molar-refractivity contribution in [2.75, 3.05) is 6.61 Å². The molecular weight excluding hydrogens is 500 g/mol. The quantitative estimate of drug-likeness (QED) is 0.162. The summed E-state index contributed by atoms with van der Waals surface area (Å²) in [5, 5.41) is 81.2. The topological polar surface area (TPSA) is 248 Å². The molecule has 1 aromatic rings. The lowest BCUT2D eigenvalue weighted by Crippen LogP contribution is -3.15. The maximum atomic E-state index is 12.1. The number of phenolic OH excluding ortho intramolecular Hbond substituents is 1. The molecule has 1 fully saturated rings. The molecule has 15 heteroatoms. The fourth-order valence-electron chi connectivity index (χ4n) is 4.96. The predicted octanol–water partition coefficient (Wildman–Crippen LogP) is -4.12. The van der Waals surface area contributed by atoms with Crippen molar-refractivity contribution in [3.63, 3.8) is 0 Å².